The van der Waals surface area contributed by atoms with Gasteiger partial charge in [-0.2, -0.15) is 5.26 Å². The summed E-state index contributed by atoms with van der Waals surface area (Å²) in [7, 11) is 0. The maximum atomic E-state index is 12.9. The zero-order valence-corrected chi connectivity index (χ0v) is 19.2. The van der Waals surface area contributed by atoms with E-state index in [9.17, 15) is 4.79 Å². The number of rotatable bonds is 7. The minimum Gasteiger partial charge on any atom is -0.426 e. The minimum atomic E-state index is -0.0337. The van der Waals surface area contributed by atoms with Crippen molar-refractivity contribution in [2.24, 2.45) is 35.5 Å². The van der Waals surface area contributed by atoms with Crippen LogP contribution in [-0.2, 0) is 11.2 Å². The van der Waals surface area contributed by atoms with Crippen molar-refractivity contribution >= 4 is 5.97 Å². The molecule has 168 valence electrons. The van der Waals surface area contributed by atoms with Crippen LogP contribution in [0.15, 0.2) is 24.3 Å². The van der Waals surface area contributed by atoms with Crippen LogP contribution in [0, 0.1) is 46.8 Å². The van der Waals surface area contributed by atoms with Gasteiger partial charge in [-0.1, -0.05) is 44.7 Å². The van der Waals surface area contributed by atoms with Gasteiger partial charge >= 0.3 is 5.97 Å². The zero-order chi connectivity index (χ0) is 21.6. The summed E-state index contributed by atoms with van der Waals surface area (Å²) in [6.07, 6.45) is 15.8. The van der Waals surface area contributed by atoms with Gasteiger partial charge in [0.25, 0.3) is 0 Å². The minimum absolute atomic E-state index is 0.0337. The Morgan fingerprint density at radius 1 is 1.00 bits per heavy atom. The molecule has 4 rings (SSSR count). The van der Waals surface area contributed by atoms with E-state index in [1.54, 1.807) is 0 Å². The van der Waals surface area contributed by atoms with E-state index in [1.165, 1.54) is 57.8 Å². The summed E-state index contributed by atoms with van der Waals surface area (Å²) in [5.74, 6) is 5.12. The highest BCUT2D eigenvalue weighted by atomic mass is 16.5. The molecular formula is C28H39NO2. The summed E-state index contributed by atoms with van der Waals surface area (Å²) >= 11 is 0. The first-order chi connectivity index (χ1) is 15.2. The molecule has 0 heterocycles. The SMILES string of the molecule is CCCCC1CCC2C(CCC3CC(C(=O)Oc4ccc(CCC#N)cc4)CCC32)C1. The van der Waals surface area contributed by atoms with Crippen LogP contribution in [0.25, 0.3) is 0 Å². The van der Waals surface area contributed by atoms with E-state index in [-0.39, 0.29) is 11.9 Å². The van der Waals surface area contributed by atoms with Crippen molar-refractivity contribution in [2.45, 2.75) is 90.4 Å². The maximum Gasteiger partial charge on any atom is 0.314 e. The van der Waals surface area contributed by atoms with E-state index >= 15 is 0 Å². The Balaban J connectivity index is 1.28. The molecule has 0 radical (unpaired) electrons. The molecule has 1 aromatic carbocycles. The summed E-state index contributed by atoms with van der Waals surface area (Å²) in [5.41, 5.74) is 1.11. The number of carbonyl (C=O) groups is 1. The van der Waals surface area contributed by atoms with E-state index < -0.39 is 0 Å². The van der Waals surface area contributed by atoms with Crippen LogP contribution in [0.2, 0.25) is 0 Å². The monoisotopic (exact) mass is 421 g/mol. The Morgan fingerprint density at radius 2 is 1.71 bits per heavy atom. The molecule has 0 spiro atoms. The van der Waals surface area contributed by atoms with Gasteiger partial charge in [-0.05, 0) is 98.7 Å². The first-order valence-corrected chi connectivity index (χ1v) is 12.9. The van der Waals surface area contributed by atoms with Gasteiger partial charge in [-0.25, -0.2) is 0 Å². The molecule has 6 atom stereocenters. The first-order valence-electron chi connectivity index (χ1n) is 12.9. The Hall–Kier alpha value is -1.82. The predicted octanol–water partition coefficient (Wildman–Crippen LogP) is 7.10. The summed E-state index contributed by atoms with van der Waals surface area (Å²) in [6, 6.07) is 9.85. The molecular weight excluding hydrogens is 382 g/mol. The Morgan fingerprint density at radius 3 is 2.42 bits per heavy atom. The molecule has 3 saturated carbocycles. The van der Waals surface area contributed by atoms with E-state index in [1.807, 2.05) is 24.3 Å². The number of hydrogen-bond donors (Lipinski definition) is 0. The number of carbonyl (C=O) groups excluding carboxylic acids is 1. The fraction of sp³-hybridized carbons (Fsp3) is 0.714. The van der Waals surface area contributed by atoms with Crippen molar-refractivity contribution in [1.29, 1.82) is 5.26 Å². The summed E-state index contributed by atoms with van der Waals surface area (Å²) in [4.78, 5) is 12.9. The lowest BCUT2D eigenvalue weighted by Crippen LogP contribution is -2.42. The Labute approximate surface area is 188 Å². The van der Waals surface area contributed by atoms with Crippen LogP contribution in [0.4, 0.5) is 0 Å². The quantitative estimate of drug-likeness (QED) is 0.348. The number of esters is 1. The van der Waals surface area contributed by atoms with Gasteiger partial charge < -0.3 is 4.74 Å². The molecule has 3 aliphatic rings. The normalized spacial score (nSPS) is 32.4. The molecule has 0 saturated heterocycles. The van der Waals surface area contributed by atoms with E-state index in [0.29, 0.717) is 12.2 Å². The van der Waals surface area contributed by atoms with Crippen LogP contribution in [0.5, 0.6) is 5.75 Å². The fourth-order valence-corrected chi connectivity index (χ4v) is 6.98. The third-order valence-electron chi connectivity index (χ3n) is 8.62. The lowest BCUT2D eigenvalue weighted by atomic mass is 9.55. The fourth-order valence-electron chi connectivity index (χ4n) is 6.98. The van der Waals surface area contributed by atoms with Crippen LogP contribution < -0.4 is 4.74 Å². The van der Waals surface area contributed by atoms with Crippen molar-refractivity contribution in [3.8, 4) is 11.8 Å². The Kier molecular flexibility index (Phi) is 7.70. The molecule has 0 aromatic heterocycles. The van der Waals surface area contributed by atoms with Crippen LogP contribution in [0.3, 0.4) is 0 Å². The lowest BCUT2D eigenvalue weighted by molar-refractivity contribution is -0.142. The van der Waals surface area contributed by atoms with Crippen molar-refractivity contribution < 1.29 is 9.53 Å². The number of aryl methyl sites for hydroxylation is 1. The summed E-state index contributed by atoms with van der Waals surface area (Å²) in [5, 5.41) is 8.72. The molecule has 0 N–H and O–H groups in total. The van der Waals surface area contributed by atoms with Gasteiger partial charge in [-0.3, -0.25) is 4.79 Å². The maximum absolute atomic E-state index is 12.9. The van der Waals surface area contributed by atoms with Gasteiger partial charge in [0.1, 0.15) is 5.75 Å². The number of nitrogens with zero attached hydrogens (tertiary/aromatic N) is 1. The molecule has 1 aromatic rings. The lowest BCUT2D eigenvalue weighted by Gasteiger charge is -2.50. The van der Waals surface area contributed by atoms with E-state index in [4.69, 9.17) is 10.00 Å². The molecule has 0 aliphatic heterocycles. The molecule has 0 amide bonds. The third kappa shape index (κ3) is 5.51. The predicted molar refractivity (Wildman–Crippen MR) is 123 cm³/mol. The average molecular weight is 422 g/mol. The molecule has 3 nitrogen and oxygen atoms in total. The highest BCUT2D eigenvalue weighted by Gasteiger charge is 2.45. The first kappa shape index (κ1) is 22.4. The van der Waals surface area contributed by atoms with Crippen LogP contribution >= 0.6 is 0 Å². The highest BCUT2D eigenvalue weighted by molar-refractivity contribution is 5.75. The van der Waals surface area contributed by atoms with Crippen molar-refractivity contribution in [2.75, 3.05) is 0 Å². The molecule has 31 heavy (non-hydrogen) atoms. The van der Waals surface area contributed by atoms with Crippen molar-refractivity contribution in [3.05, 3.63) is 29.8 Å². The van der Waals surface area contributed by atoms with Crippen molar-refractivity contribution in [3.63, 3.8) is 0 Å². The van der Waals surface area contributed by atoms with Gasteiger partial charge in [0.15, 0.2) is 0 Å². The second kappa shape index (κ2) is 10.7. The number of benzene rings is 1. The van der Waals surface area contributed by atoms with Crippen LogP contribution in [-0.4, -0.2) is 5.97 Å². The van der Waals surface area contributed by atoms with E-state index in [0.717, 1.165) is 54.4 Å². The number of unbranched alkanes of at least 4 members (excludes halogenated alkanes) is 1. The highest BCUT2D eigenvalue weighted by Crippen LogP contribution is 2.53. The smallest absolute Gasteiger partial charge is 0.314 e. The second-order valence-corrected chi connectivity index (χ2v) is 10.5. The van der Waals surface area contributed by atoms with Gasteiger partial charge in [-0.15, -0.1) is 0 Å². The third-order valence-corrected chi connectivity index (χ3v) is 8.62. The number of nitriles is 1. The van der Waals surface area contributed by atoms with Gasteiger partial charge in [0.05, 0.1) is 12.0 Å². The topological polar surface area (TPSA) is 50.1 Å². The zero-order valence-electron chi connectivity index (χ0n) is 19.2. The van der Waals surface area contributed by atoms with E-state index in [2.05, 4.69) is 13.0 Å². The largest absolute Gasteiger partial charge is 0.426 e. The number of ether oxygens (including phenoxy) is 1. The second-order valence-electron chi connectivity index (χ2n) is 10.5. The molecule has 3 fully saturated rings. The van der Waals surface area contributed by atoms with Crippen LogP contribution in [0.1, 0.15) is 89.5 Å². The standard InChI is InChI=1S/C28H39NO2/c1-2-3-5-21-9-15-26-22(18-21)10-11-23-19-24(12-16-27(23)26)28(30)31-25-13-7-20(8-14-25)6-4-17-29/h7-8,13-14,21-24,26-27H,2-6,9-12,15-16,18-19H2,1H3. The summed E-state index contributed by atoms with van der Waals surface area (Å²) in [6.45, 7) is 2.31. The molecule has 6 unspecified atom stereocenters. The number of fused-ring (bicyclic) bond motifs is 3. The molecule has 0 bridgehead atoms. The summed E-state index contributed by atoms with van der Waals surface area (Å²) < 4.78 is 5.75. The molecule has 3 heteroatoms. The van der Waals surface area contributed by atoms with Gasteiger partial charge in [0, 0.05) is 6.42 Å². The number of hydrogen-bond acceptors (Lipinski definition) is 3. The Bertz CT molecular complexity index is 764. The average Bonchev–Trinajstić information content (AvgIpc) is 2.81. The van der Waals surface area contributed by atoms with Crippen molar-refractivity contribution in [1.82, 2.24) is 0 Å². The van der Waals surface area contributed by atoms with Gasteiger partial charge in [0.2, 0.25) is 0 Å². The molecule has 3 aliphatic carbocycles.